The molecule has 1 aromatic rings. The highest BCUT2D eigenvalue weighted by Gasteiger charge is 2.24. The van der Waals surface area contributed by atoms with Gasteiger partial charge in [0, 0.05) is 28.9 Å². The molecule has 1 saturated heterocycles. The Hall–Kier alpha value is -1.42. The van der Waals surface area contributed by atoms with Crippen molar-refractivity contribution < 1.29 is 5.21 Å². The van der Waals surface area contributed by atoms with E-state index in [4.69, 9.17) is 22.5 Å². The van der Waals surface area contributed by atoms with Crippen molar-refractivity contribution >= 4 is 23.1 Å². The third kappa shape index (κ3) is 3.18. The van der Waals surface area contributed by atoms with Crippen molar-refractivity contribution in [3.05, 3.63) is 28.8 Å². The second kappa shape index (κ2) is 6.84. The molecule has 1 atom stereocenters. The number of nitrogens with two attached hydrogens (primary N) is 1. The Morgan fingerprint density at radius 1 is 1.50 bits per heavy atom. The van der Waals surface area contributed by atoms with Gasteiger partial charge in [-0.05, 0) is 43.9 Å². The van der Waals surface area contributed by atoms with Crippen LogP contribution in [0.4, 0.5) is 5.69 Å². The molecular formula is C15H22ClN3O. The van der Waals surface area contributed by atoms with Crippen LogP contribution in [0, 0.1) is 0 Å². The summed E-state index contributed by atoms with van der Waals surface area (Å²) in [5.74, 6) is 0.114. The molecule has 20 heavy (non-hydrogen) atoms. The van der Waals surface area contributed by atoms with E-state index in [0.29, 0.717) is 16.6 Å². The zero-order valence-corrected chi connectivity index (χ0v) is 12.6. The summed E-state index contributed by atoms with van der Waals surface area (Å²) in [6.07, 6.45) is 5.98. The molecule has 1 heterocycles. The summed E-state index contributed by atoms with van der Waals surface area (Å²) >= 11 is 6.04. The molecule has 1 aliphatic rings. The van der Waals surface area contributed by atoms with Crippen LogP contribution in [0.1, 0.15) is 44.6 Å². The van der Waals surface area contributed by atoms with E-state index in [9.17, 15) is 0 Å². The van der Waals surface area contributed by atoms with Gasteiger partial charge in [-0.25, -0.2) is 0 Å². The minimum Gasteiger partial charge on any atom is -0.409 e. The number of rotatable bonds is 4. The van der Waals surface area contributed by atoms with E-state index in [1.165, 1.54) is 19.3 Å². The van der Waals surface area contributed by atoms with E-state index < -0.39 is 0 Å². The number of amidine groups is 1. The van der Waals surface area contributed by atoms with E-state index in [0.717, 1.165) is 25.1 Å². The van der Waals surface area contributed by atoms with E-state index in [1.54, 1.807) is 6.07 Å². The molecule has 2 rings (SSSR count). The molecule has 1 aromatic carbocycles. The maximum absolute atomic E-state index is 8.97. The van der Waals surface area contributed by atoms with Crippen LogP contribution < -0.4 is 10.6 Å². The number of hydrogen-bond donors (Lipinski definition) is 2. The topological polar surface area (TPSA) is 61.8 Å². The summed E-state index contributed by atoms with van der Waals surface area (Å²) < 4.78 is 0. The minimum atomic E-state index is 0.114. The second-order valence-corrected chi connectivity index (χ2v) is 5.71. The second-order valence-electron chi connectivity index (χ2n) is 5.28. The van der Waals surface area contributed by atoms with Gasteiger partial charge in [0.2, 0.25) is 0 Å². The van der Waals surface area contributed by atoms with Gasteiger partial charge in [-0.3, -0.25) is 0 Å². The SMILES string of the molecule is CCCC1CCCCN1c1ccc(Cl)cc1/C(N)=N/O. The van der Waals surface area contributed by atoms with Crippen molar-refractivity contribution in [2.24, 2.45) is 10.9 Å². The van der Waals surface area contributed by atoms with Gasteiger partial charge < -0.3 is 15.8 Å². The summed E-state index contributed by atoms with van der Waals surface area (Å²) in [6, 6.07) is 6.13. The molecule has 0 aliphatic carbocycles. The van der Waals surface area contributed by atoms with E-state index in [-0.39, 0.29) is 5.84 Å². The molecule has 5 heteroatoms. The van der Waals surface area contributed by atoms with Gasteiger partial charge in [0.05, 0.1) is 0 Å². The Kier molecular flexibility index (Phi) is 5.12. The van der Waals surface area contributed by atoms with Gasteiger partial charge in [0.15, 0.2) is 5.84 Å². The first-order valence-corrected chi connectivity index (χ1v) is 7.59. The number of nitrogens with zero attached hydrogens (tertiary/aromatic N) is 2. The largest absolute Gasteiger partial charge is 0.409 e. The first-order valence-electron chi connectivity index (χ1n) is 7.21. The predicted octanol–water partition coefficient (Wildman–Crippen LogP) is 3.59. The molecule has 0 bridgehead atoms. The summed E-state index contributed by atoms with van der Waals surface area (Å²) in [5.41, 5.74) is 7.53. The first-order chi connectivity index (χ1) is 9.67. The summed E-state index contributed by atoms with van der Waals surface area (Å²) in [4.78, 5) is 2.39. The van der Waals surface area contributed by atoms with Crippen LogP contribution >= 0.6 is 11.6 Å². The Morgan fingerprint density at radius 2 is 2.30 bits per heavy atom. The molecular weight excluding hydrogens is 274 g/mol. The van der Waals surface area contributed by atoms with Gasteiger partial charge in [-0.15, -0.1) is 0 Å². The number of hydrogen-bond acceptors (Lipinski definition) is 3. The number of anilines is 1. The van der Waals surface area contributed by atoms with Crippen molar-refractivity contribution in [1.82, 2.24) is 0 Å². The van der Waals surface area contributed by atoms with Gasteiger partial charge in [0.1, 0.15) is 0 Å². The van der Waals surface area contributed by atoms with Gasteiger partial charge >= 0.3 is 0 Å². The third-order valence-corrected chi connectivity index (χ3v) is 4.14. The molecule has 1 fully saturated rings. The lowest BCUT2D eigenvalue weighted by Gasteiger charge is -2.38. The summed E-state index contributed by atoms with van der Waals surface area (Å²) in [6.45, 7) is 3.22. The standard InChI is InChI=1S/C15H22ClN3O/c1-2-5-12-6-3-4-9-19(12)14-8-7-11(16)10-13(14)15(17)18-20/h7-8,10,12,20H,2-6,9H2,1H3,(H2,17,18). The smallest absolute Gasteiger partial charge is 0.172 e. The summed E-state index contributed by atoms with van der Waals surface area (Å²) in [7, 11) is 0. The Balaban J connectivity index is 2.39. The maximum atomic E-state index is 8.97. The third-order valence-electron chi connectivity index (χ3n) is 3.90. The fourth-order valence-corrected chi connectivity index (χ4v) is 3.14. The Bertz CT molecular complexity index is 488. The van der Waals surface area contributed by atoms with Crippen LogP contribution in [0.25, 0.3) is 0 Å². The highest BCUT2D eigenvalue weighted by atomic mass is 35.5. The molecule has 0 saturated carbocycles. The number of benzene rings is 1. The first kappa shape index (κ1) is 15.0. The average molecular weight is 296 g/mol. The Labute approximate surface area is 125 Å². The van der Waals surface area contributed by atoms with Crippen LogP contribution in [0.2, 0.25) is 5.02 Å². The fraction of sp³-hybridized carbons (Fsp3) is 0.533. The predicted molar refractivity (Wildman–Crippen MR) is 83.9 cm³/mol. The van der Waals surface area contributed by atoms with Crippen molar-refractivity contribution in [2.75, 3.05) is 11.4 Å². The van der Waals surface area contributed by atoms with Crippen molar-refractivity contribution in [1.29, 1.82) is 0 Å². The van der Waals surface area contributed by atoms with Gasteiger partial charge in [-0.1, -0.05) is 30.1 Å². The zero-order chi connectivity index (χ0) is 14.5. The van der Waals surface area contributed by atoms with Crippen LogP contribution in [-0.4, -0.2) is 23.6 Å². The molecule has 0 aromatic heterocycles. The highest BCUT2D eigenvalue weighted by molar-refractivity contribution is 6.31. The quantitative estimate of drug-likeness (QED) is 0.386. The maximum Gasteiger partial charge on any atom is 0.172 e. The average Bonchev–Trinajstić information content (AvgIpc) is 2.47. The summed E-state index contributed by atoms with van der Waals surface area (Å²) in [5, 5.41) is 12.7. The molecule has 3 N–H and O–H groups in total. The van der Waals surface area contributed by atoms with E-state index in [2.05, 4.69) is 17.0 Å². The number of halogens is 1. The molecule has 4 nitrogen and oxygen atoms in total. The minimum absolute atomic E-state index is 0.114. The zero-order valence-electron chi connectivity index (χ0n) is 11.8. The lowest BCUT2D eigenvalue weighted by Crippen LogP contribution is -2.40. The van der Waals surface area contributed by atoms with Crippen LogP contribution in [-0.2, 0) is 0 Å². The molecule has 0 spiro atoms. The Morgan fingerprint density at radius 3 is 3.00 bits per heavy atom. The van der Waals surface area contributed by atoms with Gasteiger partial charge in [0.25, 0.3) is 0 Å². The van der Waals surface area contributed by atoms with Crippen molar-refractivity contribution in [3.63, 3.8) is 0 Å². The van der Waals surface area contributed by atoms with Crippen molar-refractivity contribution in [3.8, 4) is 0 Å². The molecule has 1 unspecified atom stereocenters. The molecule has 0 amide bonds. The lowest BCUT2D eigenvalue weighted by atomic mass is 9.96. The number of oxime groups is 1. The lowest BCUT2D eigenvalue weighted by molar-refractivity contribution is 0.318. The molecule has 110 valence electrons. The number of piperidine rings is 1. The molecule has 1 aliphatic heterocycles. The normalized spacial score (nSPS) is 20.2. The van der Waals surface area contributed by atoms with Crippen LogP contribution in [0.15, 0.2) is 23.4 Å². The monoisotopic (exact) mass is 295 g/mol. The van der Waals surface area contributed by atoms with E-state index in [1.807, 2.05) is 12.1 Å². The van der Waals surface area contributed by atoms with E-state index >= 15 is 0 Å². The fourth-order valence-electron chi connectivity index (χ4n) is 2.97. The molecule has 0 radical (unpaired) electrons. The van der Waals surface area contributed by atoms with Crippen LogP contribution in [0.5, 0.6) is 0 Å². The van der Waals surface area contributed by atoms with Crippen LogP contribution in [0.3, 0.4) is 0 Å². The van der Waals surface area contributed by atoms with Crippen molar-refractivity contribution in [2.45, 2.75) is 45.1 Å². The highest BCUT2D eigenvalue weighted by Crippen LogP contribution is 2.31. The van der Waals surface area contributed by atoms with Gasteiger partial charge in [-0.2, -0.15) is 0 Å².